The van der Waals surface area contributed by atoms with Crippen LogP contribution in [0.1, 0.15) is 12.5 Å². The number of nitrogens with zero attached hydrogens (tertiary/aromatic N) is 3. The number of hydrogen-bond acceptors (Lipinski definition) is 5. The Morgan fingerprint density at radius 1 is 0.957 bits per heavy atom. The van der Waals surface area contributed by atoms with Crippen LogP contribution < -0.4 is 0 Å². The van der Waals surface area contributed by atoms with Crippen LogP contribution in [0.15, 0.2) is 59.9 Å². The Bertz CT molecular complexity index is 613. The van der Waals surface area contributed by atoms with Crippen molar-refractivity contribution in [2.45, 2.75) is 6.92 Å². The molecule has 0 amide bonds. The van der Waals surface area contributed by atoms with Crippen LogP contribution in [0.25, 0.3) is 0 Å². The van der Waals surface area contributed by atoms with E-state index in [0.717, 1.165) is 31.7 Å². The fraction of sp³-hybridized carbons (Fsp3) is 0.278. The smallest absolute Gasteiger partial charge is 0.158 e. The molecule has 1 heterocycles. The summed E-state index contributed by atoms with van der Waals surface area (Å²) in [7, 11) is 0. The average Bonchev–Trinajstić information content (AvgIpc) is 2.57. The topological polar surface area (TPSA) is 59.3 Å². The van der Waals surface area contributed by atoms with Gasteiger partial charge in [0.2, 0.25) is 0 Å². The SMILES string of the molecule is C\C=C/C=C\C=C\N1CCN(/N=C/c2ccc(O)c(O)c2)CC1. The maximum atomic E-state index is 9.46. The molecule has 0 aromatic heterocycles. The van der Waals surface area contributed by atoms with Crippen LogP contribution in [0.2, 0.25) is 0 Å². The molecule has 1 saturated heterocycles. The molecule has 122 valence electrons. The molecule has 1 aliphatic rings. The lowest BCUT2D eigenvalue weighted by atomic mass is 10.2. The molecule has 23 heavy (non-hydrogen) atoms. The van der Waals surface area contributed by atoms with Crippen molar-refractivity contribution >= 4 is 6.21 Å². The normalized spacial score (nSPS) is 16.6. The molecule has 2 rings (SSSR count). The molecule has 2 N–H and O–H groups in total. The van der Waals surface area contributed by atoms with Gasteiger partial charge in [0.1, 0.15) is 0 Å². The van der Waals surface area contributed by atoms with Gasteiger partial charge in [0.25, 0.3) is 0 Å². The van der Waals surface area contributed by atoms with E-state index in [1.807, 2.05) is 42.3 Å². The first-order valence-corrected chi connectivity index (χ1v) is 7.70. The molecular formula is C18H23N3O2. The molecular weight excluding hydrogens is 290 g/mol. The fourth-order valence-electron chi connectivity index (χ4n) is 2.16. The van der Waals surface area contributed by atoms with E-state index in [1.54, 1.807) is 12.3 Å². The Balaban J connectivity index is 1.80. The van der Waals surface area contributed by atoms with E-state index < -0.39 is 0 Å². The highest BCUT2D eigenvalue weighted by Gasteiger charge is 2.11. The quantitative estimate of drug-likeness (QED) is 0.498. The van der Waals surface area contributed by atoms with E-state index in [1.165, 1.54) is 12.1 Å². The number of phenols is 2. The molecule has 1 fully saturated rings. The van der Waals surface area contributed by atoms with Crippen molar-refractivity contribution in [1.29, 1.82) is 0 Å². The minimum Gasteiger partial charge on any atom is -0.504 e. The minimum absolute atomic E-state index is 0.119. The van der Waals surface area contributed by atoms with Crippen molar-refractivity contribution < 1.29 is 10.2 Å². The maximum absolute atomic E-state index is 9.46. The van der Waals surface area contributed by atoms with Gasteiger partial charge in [-0.15, -0.1) is 0 Å². The van der Waals surface area contributed by atoms with Crippen LogP contribution in [0.3, 0.4) is 0 Å². The fourth-order valence-corrected chi connectivity index (χ4v) is 2.16. The molecule has 0 aliphatic carbocycles. The second-order valence-electron chi connectivity index (χ2n) is 5.23. The maximum Gasteiger partial charge on any atom is 0.158 e. The van der Waals surface area contributed by atoms with Gasteiger partial charge in [-0.2, -0.15) is 5.10 Å². The lowest BCUT2D eigenvalue weighted by molar-refractivity contribution is 0.175. The first-order valence-electron chi connectivity index (χ1n) is 7.70. The summed E-state index contributed by atoms with van der Waals surface area (Å²) < 4.78 is 0. The second-order valence-corrected chi connectivity index (χ2v) is 5.23. The number of phenolic OH excluding ortho intramolecular Hbond substituents is 2. The van der Waals surface area contributed by atoms with Crippen molar-refractivity contribution in [3.63, 3.8) is 0 Å². The van der Waals surface area contributed by atoms with Gasteiger partial charge in [0.05, 0.1) is 19.3 Å². The highest BCUT2D eigenvalue weighted by atomic mass is 16.3. The van der Waals surface area contributed by atoms with Gasteiger partial charge in [-0.1, -0.05) is 24.3 Å². The van der Waals surface area contributed by atoms with Crippen molar-refractivity contribution in [1.82, 2.24) is 9.91 Å². The highest BCUT2D eigenvalue weighted by Crippen LogP contribution is 2.24. The second kappa shape index (κ2) is 8.68. The Morgan fingerprint density at radius 2 is 1.70 bits per heavy atom. The van der Waals surface area contributed by atoms with Crippen molar-refractivity contribution in [3.8, 4) is 11.5 Å². The van der Waals surface area contributed by atoms with Crippen molar-refractivity contribution in [3.05, 3.63) is 60.3 Å². The summed E-state index contributed by atoms with van der Waals surface area (Å²) in [6, 6.07) is 4.67. The highest BCUT2D eigenvalue weighted by molar-refractivity contribution is 5.80. The van der Waals surface area contributed by atoms with Gasteiger partial charge in [0, 0.05) is 13.1 Å². The molecule has 5 heteroatoms. The first-order chi connectivity index (χ1) is 11.2. The summed E-state index contributed by atoms with van der Waals surface area (Å²) >= 11 is 0. The average molecular weight is 313 g/mol. The number of benzene rings is 1. The predicted octanol–water partition coefficient (Wildman–Crippen LogP) is 2.70. The van der Waals surface area contributed by atoms with E-state index in [9.17, 15) is 10.2 Å². The molecule has 1 aromatic carbocycles. The van der Waals surface area contributed by atoms with Crippen LogP contribution in [0, 0.1) is 0 Å². The molecule has 0 saturated carbocycles. The number of rotatable bonds is 5. The van der Waals surface area contributed by atoms with Crippen LogP contribution >= 0.6 is 0 Å². The van der Waals surface area contributed by atoms with Crippen LogP contribution in [0.4, 0.5) is 0 Å². The minimum atomic E-state index is -0.130. The molecule has 0 radical (unpaired) electrons. The van der Waals surface area contributed by atoms with Crippen molar-refractivity contribution in [2.75, 3.05) is 26.2 Å². The Hall–Kier alpha value is -2.69. The van der Waals surface area contributed by atoms with Gasteiger partial charge >= 0.3 is 0 Å². The molecule has 5 nitrogen and oxygen atoms in total. The van der Waals surface area contributed by atoms with E-state index in [0.29, 0.717) is 0 Å². The molecule has 0 spiro atoms. The summed E-state index contributed by atoms with van der Waals surface area (Å²) in [5.41, 5.74) is 0.761. The van der Waals surface area contributed by atoms with E-state index in [-0.39, 0.29) is 11.5 Å². The Kier molecular flexibility index (Phi) is 6.29. The number of hydrogen-bond donors (Lipinski definition) is 2. The van der Waals surface area contributed by atoms with E-state index in [2.05, 4.69) is 16.2 Å². The monoisotopic (exact) mass is 313 g/mol. The standard InChI is InChI=1S/C18H23N3O2/c1-2-3-4-5-6-9-20-10-12-21(13-11-20)19-15-16-7-8-17(22)18(23)14-16/h2-9,14-15,22-23H,10-13H2,1H3/b3-2-,5-4-,9-6+,19-15+. The molecule has 0 atom stereocenters. The van der Waals surface area contributed by atoms with Crippen LogP contribution in [0.5, 0.6) is 11.5 Å². The molecule has 1 aromatic rings. The molecule has 0 unspecified atom stereocenters. The number of allylic oxidation sites excluding steroid dienone is 5. The summed E-state index contributed by atoms with van der Waals surface area (Å²) in [6.45, 7) is 5.54. The lowest BCUT2D eigenvalue weighted by Crippen LogP contribution is -2.41. The summed E-state index contributed by atoms with van der Waals surface area (Å²) in [5.74, 6) is -0.249. The van der Waals surface area contributed by atoms with Gasteiger partial charge < -0.3 is 15.1 Å². The van der Waals surface area contributed by atoms with Gasteiger partial charge in [-0.25, -0.2) is 0 Å². The molecule has 1 aliphatic heterocycles. The third-order valence-electron chi connectivity index (χ3n) is 3.48. The summed E-state index contributed by atoms with van der Waals surface area (Å²) in [5, 5.41) is 25.2. The summed E-state index contributed by atoms with van der Waals surface area (Å²) in [6.07, 6.45) is 13.8. The van der Waals surface area contributed by atoms with Gasteiger partial charge in [-0.3, -0.25) is 5.01 Å². The third-order valence-corrected chi connectivity index (χ3v) is 3.48. The largest absolute Gasteiger partial charge is 0.504 e. The van der Waals surface area contributed by atoms with Crippen LogP contribution in [-0.2, 0) is 0 Å². The van der Waals surface area contributed by atoms with E-state index in [4.69, 9.17) is 0 Å². The number of hydrazone groups is 1. The zero-order chi connectivity index (χ0) is 16.5. The van der Waals surface area contributed by atoms with E-state index >= 15 is 0 Å². The van der Waals surface area contributed by atoms with Gasteiger partial charge in [0.15, 0.2) is 11.5 Å². The Morgan fingerprint density at radius 3 is 2.39 bits per heavy atom. The predicted molar refractivity (Wildman–Crippen MR) is 93.6 cm³/mol. The van der Waals surface area contributed by atoms with Crippen molar-refractivity contribution in [2.24, 2.45) is 5.10 Å². The number of aromatic hydroxyl groups is 2. The van der Waals surface area contributed by atoms with Crippen LogP contribution in [-0.4, -0.2) is 52.5 Å². The zero-order valence-electron chi connectivity index (χ0n) is 13.3. The number of piperazine rings is 1. The molecule has 0 bridgehead atoms. The Labute approximate surface area is 137 Å². The van der Waals surface area contributed by atoms with Gasteiger partial charge in [-0.05, 0) is 43.0 Å². The zero-order valence-corrected chi connectivity index (χ0v) is 13.3. The lowest BCUT2D eigenvalue weighted by Gasteiger charge is -2.32. The first kappa shape index (κ1) is 16.7. The summed E-state index contributed by atoms with van der Waals surface area (Å²) in [4.78, 5) is 2.26. The third kappa shape index (κ3) is 5.54.